The monoisotopic (exact) mass is 318 g/mol. The quantitative estimate of drug-likeness (QED) is 0.767. The highest BCUT2D eigenvalue weighted by molar-refractivity contribution is 7.22. The first-order chi connectivity index (χ1) is 10.6. The van der Waals surface area contributed by atoms with Crippen molar-refractivity contribution in [3.05, 3.63) is 22.6 Å². The molecule has 0 aromatic carbocycles. The van der Waals surface area contributed by atoms with Crippen molar-refractivity contribution in [2.75, 3.05) is 11.4 Å². The van der Waals surface area contributed by atoms with E-state index in [-0.39, 0.29) is 6.61 Å². The molecule has 0 spiro atoms. The lowest BCUT2D eigenvalue weighted by Gasteiger charge is -2.27. The van der Waals surface area contributed by atoms with Gasteiger partial charge in [0.1, 0.15) is 0 Å². The van der Waals surface area contributed by atoms with E-state index in [1.165, 1.54) is 5.69 Å². The Bertz CT molecular complexity index is 826. The van der Waals surface area contributed by atoms with Crippen LogP contribution in [-0.2, 0) is 33.7 Å². The molecule has 22 heavy (non-hydrogen) atoms. The van der Waals surface area contributed by atoms with Crippen molar-refractivity contribution in [2.24, 2.45) is 14.1 Å². The van der Waals surface area contributed by atoms with Gasteiger partial charge in [0, 0.05) is 44.9 Å². The molecular formula is C14H18N6OS. The number of anilines is 1. The van der Waals surface area contributed by atoms with Crippen molar-refractivity contribution in [2.45, 2.75) is 26.5 Å². The second kappa shape index (κ2) is 4.79. The van der Waals surface area contributed by atoms with Crippen LogP contribution >= 0.6 is 11.3 Å². The number of aryl methyl sites for hydroxylation is 3. The van der Waals surface area contributed by atoms with Crippen molar-refractivity contribution in [1.29, 1.82) is 0 Å². The first-order valence-electron chi connectivity index (χ1n) is 7.28. The maximum Gasteiger partial charge on any atom is 0.188 e. The van der Waals surface area contributed by atoms with Crippen LogP contribution in [0.15, 0.2) is 0 Å². The number of nitrogens with zero attached hydrogens (tertiary/aromatic N) is 6. The fraction of sp³-hybridized carbons (Fsp3) is 0.500. The highest BCUT2D eigenvalue weighted by Gasteiger charge is 2.26. The minimum atomic E-state index is -0.0140. The van der Waals surface area contributed by atoms with E-state index in [9.17, 15) is 5.11 Å². The summed E-state index contributed by atoms with van der Waals surface area (Å²) in [7, 11) is 3.87. The Morgan fingerprint density at radius 3 is 2.77 bits per heavy atom. The van der Waals surface area contributed by atoms with Crippen LogP contribution in [0.3, 0.4) is 0 Å². The Balaban J connectivity index is 1.72. The molecule has 0 unspecified atom stereocenters. The summed E-state index contributed by atoms with van der Waals surface area (Å²) >= 11 is 1.69. The minimum absolute atomic E-state index is 0.0140. The molecule has 8 heteroatoms. The summed E-state index contributed by atoms with van der Waals surface area (Å²) in [5.41, 5.74) is 5.11. The van der Waals surface area contributed by atoms with Gasteiger partial charge in [-0.2, -0.15) is 10.2 Å². The number of thiazole rings is 1. The van der Waals surface area contributed by atoms with Crippen molar-refractivity contribution < 1.29 is 5.11 Å². The Morgan fingerprint density at radius 2 is 2.05 bits per heavy atom. The van der Waals surface area contributed by atoms with Crippen molar-refractivity contribution in [1.82, 2.24) is 24.5 Å². The Labute approximate surface area is 131 Å². The van der Waals surface area contributed by atoms with Gasteiger partial charge in [-0.15, -0.1) is 0 Å². The number of rotatable bonds is 2. The van der Waals surface area contributed by atoms with E-state index >= 15 is 0 Å². The van der Waals surface area contributed by atoms with E-state index < -0.39 is 0 Å². The lowest BCUT2D eigenvalue weighted by molar-refractivity contribution is 0.274. The average molecular weight is 318 g/mol. The number of aliphatic hydroxyl groups excluding tert-OH is 1. The third-order valence-corrected chi connectivity index (χ3v) is 5.49. The number of hydrogen-bond donors (Lipinski definition) is 1. The van der Waals surface area contributed by atoms with Gasteiger partial charge < -0.3 is 10.0 Å². The van der Waals surface area contributed by atoms with Crippen LogP contribution in [0.1, 0.15) is 22.6 Å². The fourth-order valence-electron chi connectivity index (χ4n) is 3.17. The van der Waals surface area contributed by atoms with Gasteiger partial charge in [0.15, 0.2) is 10.8 Å². The smallest absolute Gasteiger partial charge is 0.188 e. The van der Waals surface area contributed by atoms with E-state index in [0.717, 1.165) is 51.9 Å². The van der Waals surface area contributed by atoms with Crippen LogP contribution in [0.4, 0.5) is 5.13 Å². The molecule has 0 amide bonds. The van der Waals surface area contributed by atoms with Crippen LogP contribution in [0, 0.1) is 6.92 Å². The summed E-state index contributed by atoms with van der Waals surface area (Å²) in [5, 5.41) is 19.3. The molecule has 0 saturated carbocycles. The molecule has 4 heterocycles. The Morgan fingerprint density at radius 1 is 1.23 bits per heavy atom. The predicted octanol–water partition coefficient (Wildman–Crippen LogP) is 1.13. The molecule has 7 nitrogen and oxygen atoms in total. The molecule has 116 valence electrons. The number of hydrogen-bond acceptors (Lipinski definition) is 6. The zero-order chi connectivity index (χ0) is 15.4. The Hall–Kier alpha value is -1.93. The van der Waals surface area contributed by atoms with Crippen LogP contribution < -0.4 is 4.90 Å². The van der Waals surface area contributed by atoms with Crippen LogP contribution in [-0.4, -0.2) is 36.2 Å². The summed E-state index contributed by atoms with van der Waals surface area (Å²) < 4.78 is 4.88. The summed E-state index contributed by atoms with van der Waals surface area (Å²) in [6.45, 7) is 3.68. The van der Waals surface area contributed by atoms with E-state index in [4.69, 9.17) is 4.98 Å². The van der Waals surface area contributed by atoms with Gasteiger partial charge in [-0.3, -0.25) is 4.68 Å². The third-order valence-electron chi connectivity index (χ3n) is 4.28. The molecule has 0 aliphatic carbocycles. The summed E-state index contributed by atoms with van der Waals surface area (Å²) in [6.07, 6.45) is 0.923. The zero-order valence-electron chi connectivity index (χ0n) is 12.9. The standard InChI is InChI=1S/C14H18N6OS/c1-8-12-13(19(3)16-8)15-14(22-12)20-5-4-11-9(6-20)10(7-21)17-18(11)2/h21H,4-7H2,1-3H3. The second-order valence-corrected chi connectivity index (χ2v) is 6.66. The first-order valence-corrected chi connectivity index (χ1v) is 8.09. The summed E-state index contributed by atoms with van der Waals surface area (Å²) in [6, 6.07) is 0. The van der Waals surface area contributed by atoms with Crippen molar-refractivity contribution >= 4 is 26.8 Å². The molecule has 0 saturated heterocycles. The van der Waals surface area contributed by atoms with E-state index in [0.29, 0.717) is 0 Å². The number of aromatic nitrogens is 5. The molecule has 0 radical (unpaired) electrons. The molecule has 0 bridgehead atoms. The number of aliphatic hydroxyl groups is 1. The molecule has 0 fully saturated rings. The average Bonchev–Trinajstić information content (AvgIpc) is 3.15. The largest absolute Gasteiger partial charge is 0.390 e. The maximum absolute atomic E-state index is 9.50. The third kappa shape index (κ3) is 1.87. The van der Waals surface area contributed by atoms with Gasteiger partial charge in [-0.05, 0) is 6.92 Å². The molecule has 0 atom stereocenters. The van der Waals surface area contributed by atoms with Gasteiger partial charge in [0.2, 0.25) is 0 Å². The first kappa shape index (κ1) is 13.7. The maximum atomic E-state index is 9.50. The molecule has 3 aromatic rings. The normalized spacial score (nSPS) is 14.8. The van der Waals surface area contributed by atoms with Gasteiger partial charge in [-0.1, -0.05) is 11.3 Å². The van der Waals surface area contributed by atoms with E-state index in [1.54, 1.807) is 11.3 Å². The zero-order valence-corrected chi connectivity index (χ0v) is 13.7. The molecule has 4 rings (SSSR count). The SMILES string of the molecule is Cc1nn(C)c2nc(N3CCc4c(c(CO)nn4C)C3)sc12. The number of fused-ring (bicyclic) bond motifs is 2. The molecular weight excluding hydrogens is 300 g/mol. The van der Waals surface area contributed by atoms with Gasteiger partial charge in [-0.25, -0.2) is 9.67 Å². The summed E-state index contributed by atoms with van der Waals surface area (Å²) in [4.78, 5) is 7.02. The minimum Gasteiger partial charge on any atom is -0.390 e. The fourth-order valence-corrected chi connectivity index (χ4v) is 4.23. The van der Waals surface area contributed by atoms with E-state index in [1.807, 2.05) is 30.4 Å². The molecule has 1 aliphatic heterocycles. The Kier molecular flexibility index (Phi) is 2.98. The van der Waals surface area contributed by atoms with Gasteiger partial charge >= 0.3 is 0 Å². The van der Waals surface area contributed by atoms with Crippen molar-refractivity contribution in [3.8, 4) is 0 Å². The topological polar surface area (TPSA) is 72.0 Å². The molecule has 3 aromatic heterocycles. The molecule has 1 N–H and O–H groups in total. The van der Waals surface area contributed by atoms with Gasteiger partial charge in [0.05, 0.1) is 22.7 Å². The second-order valence-electron chi connectivity index (χ2n) is 5.68. The van der Waals surface area contributed by atoms with E-state index in [2.05, 4.69) is 15.1 Å². The van der Waals surface area contributed by atoms with Crippen LogP contribution in [0.5, 0.6) is 0 Å². The van der Waals surface area contributed by atoms with Crippen LogP contribution in [0.25, 0.3) is 10.3 Å². The lowest BCUT2D eigenvalue weighted by Crippen LogP contribution is -2.31. The predicted molar refractivity (Wildman–Crippen MR) is 85.0 cm³/mol. The highest BCUT2D eigenvalue weighted by Crippen LogP contribution is 2.34. The molecule has 1 aliphatic rings. The lowest BCUT2D eigenvalue weighted by atomic mass is 10.1. The van der Waals surface area contributed by atoms with Gasteiger partial charge in [0.25, 0.3) is 0 Å². The van der Waals surface area contributed by atoms with Crippen molar-refractivity contribution in [3.63, 3.8) is 0 Å². The highest BCUT2D eigenvalue weighted by atomic mass is 32.1. The summed E-state index contributed by atoms with van der Waals surface area (Å²) in [5.74, 6) is 0. The van der Waals surface area contributed by atoms with Crippen LogP contribution in [0.2, 0.25) is 0 Å².